The van der Waals surface area contributed by atoms with Crippen LogP contribution in [0, 0.1) is 0 Å². The molecule has 1 N–H and O–H groups in total. The SMILES string of the molecule is COCCOCCOCCOCCOCCOCCOCCOCCOCCOCCOCCOCCNCCOCCOCCOCCOCCOCCOCCOCCOCCOCCOCCOCCOC. The number of hydrogen-bond acceptors (Lipinski definition) is 25. The van der Waals surface area contributed by atoms with Crippen LogP contribution in [0.4, 0.5) is 0 Å². The molecule has 0 aromatic heterocycles. The largest absolute Gasteiger partial charge is 0.382 e. The van der Waals surface area contributed by atoms with Crippen LogP contribution in [0.3, 0.4) is 0 Å². The van der Waals surface area contributed by atoms with Gasteiger partial charge in [0, 0.05) is 27.3 Å². The maximum atomic E-state index is 5.58. The fourth-order valence-corrected chi connectivity index (χ4v) is 5.30. The molecule has 0 atom stereocenters. The summed E-state index contributed by atoms with van der Waals surface area (Å²) in [5, 5.41) is 3.28. The molecular formula is C50H103NO24. The second-order valence-corrected chi connectivity index (χ2v) is 15.2. The third-order valence-electron chi connectivity index (χ3n) is 9.15. The molecule has 0 heterocycles. The lowest BCUT2D eigenvalue weighted by Crippen LogP contribution is -2.25. The van der Waals surface area contributed by atoms with E-state index in [1.54, 1.807) is 14.2 Å². The van der Waals surface area contributed by atoms with Crippen LogP contribution in [-0.2, 0) is 114 Å². The molecule has 0 aromatic carbocycles. The molecule has 0 fully saturated rings. The summed E-state index contributed by atoms with van der Waals surface area (Å²) in [4.78, 5) is 0. The lowest BCUT2D eigenvalue weighted by atomic mass is 10.6. The van der Waals surface area contributed by atoms with E-state index in [2.05, 4.69) is 5.32 Å². The third kappa shape index (κ3) is 73.0. The third-order valence-corrected chi connectivity index (χ3v) is 9.15. The summed E-state index contributed by atoms with van der Waals surface area (Å²) < 4.78 is 130. The Hall–Kier alpha value is -1.00. The second kappa shape index (κ2) is 73.0. The second-order valence-electron chi connectivity index (χ2n) is 15.2. The van der Waals surface area contributed by atoms with Crippen molar-refractivity contribution in [3.05, 3.63) is 0 Å². The maximum Gasteiger partial charge on any atom is 0.0701 e. The van der Waals surface area contributed by atoms with Crippen molar-refractivity contribution in [3.8, 4) is 0 Å². The zero-order chi connectivity index (χ0) is 53.6. The molecule has 452 valence electrons. The Morgan fingerprint density at radius 1 is 0.133 bits per heavy atom. The van der Waals surface area contributed by atoms with E-state index in [9.17, 15) is 0 Å². The molecule has 0 aromatic rings. The molecule has 25 heteroatoms. The Morgan fingerprint density at radius 2 is 0.227 bits per heavy atom. The summed E-state index contributed by atoms with van der Waals surface area (Å²) >= 11 is 0. The summed E-state index contributed by atoms with van der Waals surface area (Å²) in [6.45, 7) is 25.4. The molecule has 0 rings (SSSR count). The first-order valence-electron chi connectivity index (χ1n) is 26.8. The minimum atomic E-state index is 0.497. The molecule has 75 heavy (non-hydrogen) atoms. The number of ether oxygens (including phenoxy) is 24. The van der Waals surface area contributed by atoms with E-state index in [0.717, 1.165) is 13.1 Å². The lowest BCUT2D eigenvalue weighted by Gasteiger charge is -2.09. The Balaban J connectivity index is 3.07. The van der Waals surface area contributed by atoms with E-state index in [4.69, 9.17) is 114 Å². The summed E-state index contributed by atoms with van der Waals surface area (Å²) in [5.74, 6) is 0. The Bertz CT molecular complexity index is 907. The molecule has 0 aliphatic rings. The van der Waals surface area contributed by atoms with Gasteiger partial charge in [-0.2, -0.15) is 0 Å². The van der Waals surface area contributed by atoms with E-state index >= 15 is 0 Å². The number of nitrogens with one attached hydrogen (secondary N) is 1. The standard InChI is InChI=1S/C50H103NO24/c1-52-7-9-56-15-17-60-23-25-64-31-33-68-39-41-72-47-49-74-45-43-70-37-35-66-29-27-62-21-19-58-13-11-54-5-3-51-4-6-55-12-14-59-20-22-63-28-30-67-36-38-71-44-46-75-50-48-73-42-40-69-34-32-65-26-24-61-18-16-57-10-8-53-2/h51H,3-50H2,1-2H3. The normalized spacial score (nSPS) is 11.8. The van der Waals surface area contributed by atoms with Gasteiger partial charge in [0.1, 0.15) is 0 Å². The molecule has 0 saturated heterocycles. The predicted octanol–water partition coefficient (Wildman–Crippen LogP) is 0.234. The van der Waals surface area contributed by atoms with E-state index in [1.807, 2.05) is 0 Å². The van der Waals surface area contributed by atoms with Gasteiger partial charge in [0.05, 0.1) is 304 Å². The topological polar surface area (TPSA) is 234 Å². The van der Waals surface area contributed by atoms with Crippen molar-refractivity contribution in [2.75, 3.05) is 331 Å². The van der Waals surface area contributed by atoms with Crippen LogP contribution >= 0.6 is 0 Å². The van der Waals surface area contributed by atoms with Crippen LogP contribution in [-0.4, -0.2) is 331 Å². The van der Waals surface area contributed by atoms with Crippen LogP contribution in [0.5, 0.6) is 0 Å². The van der Waals surface area contributed by atoms with Gasteiger partial charge in [0.25, 0.3) is 0 Å². The van der Waals surface area contributed by atoms with Gasteiger partial charge in [0.2, 0.25) is 0 Å². The zero-order valence-electron chi connectivity index (χ0n) is 46.2. The minimum absolute atomic E-state index is 0.497. The number of methoxy groups -OCH3 is 2. The van der Waals surface area contributed by atoms with Crippen molar-refractivity contribution in [1.29, 1.82) is 0 Å². The van der Waals surface area contributed by atoms with Crippen molar-refractivity contribution in [2.24, 2.45) is 0 Å². The average Bonchev–Trinajstić information content (AvgIpc) is 3.42. The summed E-state index contributed by atoms with van der Waals surface area (Å²) in [7, 11) is 3.29. The fraction of sp³-hybridized carbons (Fsp3) is 1.00. The van der Waals surface area contributed by atoms with E-state index in [0.29, 0.717) is 304 Å². The molecule has 0 aliphatic heterocycles. The average molecular weight is 1100 g/mol. The van der Waals surface area contributed by atoms with E-state index in [1.165, 1.54) is 0 Å². The highest BCUT2D eigenvalue weighted by Crippen LogP contribution is 1.90. The number of hydrogen-bond donors (Lipinski definition) is 1. The minimum Gasteiger partial charge on any atom is -0.382 e. The zero-order valence-corrected chi connectivity index (χ0v) is 46.2. The summed E-state index contributed by atoms with van der Waals surface area (Å²) in [6, 6.07) is 0. The van der Waals surface area contributed by atoms with Crippen molar-refractivity contribution < 1.29 is 114 Å². The highest BCUT2D eigenvalue weighted by molar-refractivity contribution is 4.47. The summed E-state index contributed by atoms with van der Waals surface area (Å²) in [5.41, 5.74) is 0. The Morgan fingerprint density at radius 3 is 0.333 bits per heavy atom. The van der Waals surface area contributed by atoms with E-state index < -0.39 is 0 Å². The van der Waals surface area contributed by atoms with Crippen molar-refractivity contribution in [3.63, 3.8) is 0 Å². The van der Waals surface area contributed by atoms with Gasteiger partial charge in [-0.1, -0.05) is 0 Å². The molecule has 0 unspecified atom stereocenters. The quantitative estimate of drug-likeness (QED) is 0.0804. The van der Waals surface area contributed by atoms with Crippen molar-refractivity contribution >= 4 is 0 Å². The first kappa shape index (κ1) is 74.0. The van der Waals surface area contributed by atoms with Gasteiger partial charge in [-0.25, -0.2) is 0 Å². The van der Waals surface area contributed by atoms with Crippen LogP contribution in [0.15, 0.2) is 0 Å². The van der Waals surface area contributed by atoms with Crippen LogP contribution in [0.2, 0.25) is 0 Å². The molecule has 0 radical (unpaired) electrons. The summed E-state index contributed by atoms with van der Waals surface area (Å²) in [6.07, 6.45) is 0. The highest BCUT2D eigenvalue weighted by atomic mass is 16.6. The first-order chi connectivity index (χ1) is 37.4. The fourth-order valence-electron chi connectivity index (χ4n) is 5.30. The molecule has 0 spiro atoms. The van der Waals surface area contributed by atoms with Gasteiger partial charge in [-0.05, 0) is 0 Å². The van der Waals surface area contributed by atoms with Gasteiger partial charge in [-0.15, -0.1) is 0 Å². The predicted molar refractivity (Wildman–Crippen MR) is 275 cm³/mol. The van der Waals surface area contributed by atoms with E-state index in [-0.39, 0.29) is 0 Å². The van der Waals surface area contributed by atoms with Crippen LogP contribution < -0.4 is 5.32 Å². The number of rotatable bonds is 72. The maximum absolute atomic E-state index is 5.58. The smallest absolute Gasteiger partial charge is 0.0701 e. The molecule has 0 bridgehead atoms. The lowest BCUT2D eigenvalue weighted by molar-refractivity contribution is -0.0281. The van der Waals surface area contributed by atoms with Crippen molar-refractivity contribution in [2.45, 2.75) is 0 Å². The van der Waals surface area contributed by atoms with Gasteiger partial charge in [0.15, 0.2) is 0 Å². The van der Waals surface area contributed by atoms with Gasteiger partial charge < -0.3 is 119 Å². The van der Waals surface area contributed by atoms with Gasteiger partial charge in [-0.3, -0.25) is 0 Å². The molecule has 25 nitrogen and oxygen atoms in total. The van der Waals surface area contributed by atoms with Crippen LogP contribution in [0.1, 0.15) is 0 Å². The van der Waals surface area contributed by atoms with Crippen LogP contribution in [0.25, 0.3) is 0 Å². The van der Waals surface area contributed by atoms with Gasteiger partial charge >= 0.3 is 0 Å². The molecule has 0 aliphatic carbocycles. The highest BCUT2D eigenvalue weighted by Gasteiger charge is 2.00. The Kier molecular flexibility index (Phi) is 72.0. The first-order valence-corrected chi connectivity index (χ1v) is 26.8. The molecule has 0 amide bonds. The molecule has 0 saturated carbocycles. The Labute approximate surface area is 449 Å². The van der Waals surface area contributed by atoms with Crippen molar-refractivity contribution in [1.82, 2.24) is 5.32 Å². The molecular weight excluding hydrogens is 999 g/mol. The monoisotopic (exact) mass is 1100 g/mol.